The third kappa shape index (κ3) is 5.21. The van der Waals surface area contributed by atoms with Crippen LogP contribution in [0.2, 0.25) is 0 Å². The summed E-state index contributed by atoms with van der Waals surface area (Å²) in [5, 5.41) is 3.24. The van der Waals surface area contributed by atoms with E-state index in [-0.39, 0.29) is 18.3 Å². The van der Waals surface area contributed by atoms with Gasteiger partial charge in [0.05, 0.1) is 6.54 Å². The summed E-state index contributed by atoms with van der Waals surface area (Å²) in [5.41, 5.74) is 2.46. The van der Waals surface area contributed by atoms with E-state index in [2.05, 4.69) is 24.4 Å². The number of carbonyl (C=O) groups excluding carboxylic acids is 1. The predicted molar refractivity (Wildman–Crippen MR) is 80.5 cm³/mol. The van der Waals surface area contributed by atoms with E-state index in [1.807, 2.05) is 19.2 Å². The summed E-state index contributed by atoms with van der Waals surface area (Å²) in [7, 11) is 1.87. The van der Waals surface area contributed by atoms with Gasteiger partial charge < -0.3 is 10.2 Å². The Kier molecular flexibility index (Phi) is 6.32. The molecule has 0 unspecified atom stereocenters. The Bertz CT molecular complexity index is 418. The summed E-state index contributed by atoms with van der Waals surface area (Å²) in [6.07, 6.45) is 2.64. The SMILES string of the molecule is Cc1ccccc1CN(C)C(=O)CNCC1CC1.Cl. The zero-order valence-electron chi connectivity index (χ0n) is 11.7. The fraction of sp³-hybridized carbons (Fsp3) is 0.533. The van der Waals surface area contributed by atoms with Crippen molar-refractivity contribution in [2.45, 2.75) is 26.3 Å². The van der Waals surface area contributed by atoms with E-state index >= 15 is 0 Å². The minimum absolute atomic E-state index is 0. The molecule has 4 heteroatoms. The number of halogens is 1. The molecule has 1 fully saturated rings. The van der Waals surface area contributed by atoms with Crippen LogP contribution in [0.15, 0.2) is 24.3 Å². The van der Waals surface area contributed by atoms with Crippen molar-refractivity contribution in [3.63, 3.8) is 0 Å². The van der Waals surface area contributed by atoms with Crippen LogP contribution in [-0.2, 0) is 11.3 Å². The fourth-order valence-corrected chi connectivity index (χ4v) is 1.97. The van der Waals surface area contributed by atoms with E-state index in [1.54, 1.807) is 4.90 Å². The summed E-state index contributed by atoms with van der Waals surface area (Å²) < 4.78 is 0. The quantitative estimate of drug-likeness (QED) is 0.869. The number of carbonyl (C=O) groups is 1. The number of nitrogens with one attached hydrogen (secondary N) is 1. The minimum atomic E-state index is 0. The van der Waals surface area contributed by atoms with Crippen LogP contribution in [0, 0.1) is 12.8 Å². The van der Waals surface area contributed by atoms with E-state index in [9.17, 15) is 4.79 Å². The second kappa shape index (κ2) is 7.51. The molecule has 19 heavy (non-hydrogen) atoms. The number of hydrogen-bond acceptors (Lipinski definition) is 2. The van der Waals surface area contributed by atoms with Gasteiger partial charge in [-0.2, -0.15) is 0 Å². The standard InChI is InChI=1S/C15H22N2O.ClH/c1-12-5-3-4-6-14(12)11-17(2)15(18)10-16-9-13-7-8-13;/h3-6,13,16H,7-11H2,1-2H3;1H. The number of aryl methyl sites for hydroxylation is 1. The van der Waals surface area contributed by atoms with Gasteiger partial charge in [-0.3, -0.25) is 4.79 Å². The Morgan fingerprint density at radius 3 is 2.68 bits per heavy atom. The highest BCUT2D eigenvalue weighted by molar-refractivity contribution is 5.85. The van der Waals surface area contributed by atoms with Crippen molar-refractivity contribution in [1.29, 1.82) is 0 Å². The number of amides is 1. The number of hydrogen-bond donors (Lipinski definition) is 1. The molecule has 3 nitrogen and oxygen atoms in total. The number of nitrogens with zero attached hydrogens (tertiary/aromatic N) is 1. The summed E-state index contributed by atoms with van der Waals surface area (Å²) in [6, 6.07) is 8.21. The van der Waals surface area contributed by atoms with Crippen molar-refractivity contribution in [1.82, 2.24) is 10.2 Å². The van der Waals surface area contributed by atoms with Gasteiger partial charge in [-0.15, -0.1) is 12.4 Å². The highest BCUT2D eigenvalue weighted by Crippen LogP contribution is 2.27. The molecule has 0 radical (unpaired) electrons. The number of rotatable bonds is 6. The Morgan fingerprint density at radius 1 is 1.37 bits per heavy atom. The van der Waals surface area contributed by atoms with Crippen LogP contribution in [0.25, 0.3) is 0 Å². The molecule has 2 rings (SSSR count). The maximum absolute atomic E-state index is 11.9. The van der Waals surface area contributed by atoms with Crippen molar-refractivity contribution in [3.05, 3.63) is 35.4 Å². The van der Waals surface area contributed by atoms with Crippen LogP contribution in [0.1, 0.15) is 24.0 Å². The maximum Gasteiger partial charge on any atom is 0.236 e. The molecule has 0 spiro atoms. The first-order valence-electron chi connectivity index (χ1n) is 6.66. The van der Waals surface area contributed by atoms with Gasteiger partial charge in [-0.25, -0.2) is 0 Å². The van der Waals surface area contributed by atoms with Crippen molar-refractivity contribution in [2.24, 2.45) is 5.92 Å². The Morgan fingerprint density at radius 2 is 2.05 bits per heavy atom. The van der Waals surface area contributed by atoms with Gasteiger partial charge in [-0.1, -0.05) is 24.3 Å². The zero-order chi connectivity index (χ0) is 13.0. The molecule has 1 saturated carbocycles. The molecule has 0 aromatic heterocycles. The molecule has 1 aliphatic carbocycles. The van der Waals surface area contributed by atoms with Crippen molar-refractivity contribution in [3.8, 4) is 0 Å². The molecule has 0 heterocycles. The minimum Gasteiger partial charge on any atom is -0.340 e. The van der Waals surface area contributed by atoms with Gasteiger partial charge in [0.25, 0.3) is 0 Å². The number of benzene rings is 1. The second-order valence-corrected chi connectivity index (χ2v) is 5.25. The topological polar surface area (TPSA) is 32.3 Å². The van der Waals surface area contributed by atoms with Gasteiger partial charge in [0.15, 0.2) is 0 Å². The highest BCUT2D eigenvalue weighted by atomic mass is 35.5. The van der Waals surface area contributed by atoms with Gasteiger partial charge in [0.2, 0.25) is 5.91 Å². The van der Waals surface area contributed by atoms with Gasteiger partial charge in [0, 0.05) is 13.6 Å². The molecular formula is C15H23ClN2O. The molecular weight excluding hydrogens is 260 g/mol. The van der Waals surface area contributed by atoms with E-state index in [0.29, 0.717) is 13.1 Å². The summed E-state index contributed by atoms with van der Waals surface area (Å²) in [4.78, 5) is 13.7. The van der Waals surface area contributed by atoms with Crippen LogP contribution in [0.3, 0.4) is 0 Å². The van der Waals surface area contributed by atoms with Crippen molar-refractivity contribution < 1.29 is 4.79 Å². The lowest BCUT2D eigenvalue weighted by Crippen LogP contribution is -2.36. The van der Waals surface area contributed by atoms with Crippen molar-refractivity contribution in [2.75, 3.05) is 20.1 Å². The zero-order valence-corrected chi connectivity index (χ0v) is 12.5. The Labute approximate surface area is 121 Å². The highest BCUT2D eigenvalue weighted by Gasteiger charge is 2.21. The van der Waals surface area contributed by atoms with Crippen LogP contribution in [-0.4, -0.2) is 30.9 Å². The van der Waals surface area contributed by atoms with Crippen LogP contribution >= 0.6 is 12.4 Å². The summed E-state index contributed by atoms with van der Waals surface area (Å²) in [6.45, 7) is 4.22. The summed E-state index contributed by atoms with van der Waals surface area (Å²) in [5.74, 6) is 0.985. The first-order valence-corrected chi connectivity index (χ1v) is 6.66. The van der Waals surface area contributed by atoms with E-state index in [1.165, 1.54) is 24.0 Å². The monoisotopic (exact) mass is 282 g/mol. The van der Waals surface area contributed by atoms with Crippen LogP contribution in [0.4, 0.5) is 0 Å². The molecule has 0 aliphatic heterocycles. The van der Waals surface area contributed by atoms with Gasteiger partial charge in [0.1, 0.15) is 0 Å². The van der Waals surface area contributed by atoms with Gasteiger partial charge in [-0.05, 0) is 43.4 Å². The molecule has 1 N–H and O–H groups in total. The van der Waals surface area contributed by atoms with Crippen LogP contribution < -0.4 is 5.32 Å². The first kappa shape index (κ1) is 16.0. The lowest BCUT2D eigenvalue weighted by molar-refractivity contribution is -0.129. The third-order valence-corrected chi connectivity index (χ3v) is 3.50. The van der Waals surface area contributed by atoms with E-state index < -0.39 is 0 Å². The molecule has 0 atom stereocenters. The average molecular weight is 283 g/mol. The molecule has 1 aromatic carbocycles. The van der Waals surface area contributed by atoms with Crippen LogP contribution in [0.5, 0.6) is 0 Å². The number of likely N-dealkylation sites (N-methyl/N-ethyl adjacent to an activating group) is 1. The molecule has 0 saturated heterocycles. The molecule has 1 aromatic rings. The van der Waals surface area contributed by atoms with E-state index in [0.717, 1.165) is 12.5 Å². The lowest BCUT2D eigenvalue weighted by atomic mass is 10.1. The smallest absolute Gasteiger partial charge is 0.236 e. The fourth-order valence-electron chi connectivity index (χ4n) is 1.97. The van der Waals surface area contributed by atoms with E-state index in [4.69, 9.17) is 0 Å². The molecule has 1 aliphatic rings. The summed E-state index contributed by atoms with van der Waals surface area (Å²) >= 11 is 0. The molecule has 106 valence electrons. The molecule has 1 amide bonds. The second-order valence-electron chi connectivity index (χ2n) is 5.25. The largest absolute Gasteiger partial charge is 0.340 e. The maximum atomic E-state index is 11.9. The average Bonchev–Trinajstić information content (AvgIpc) is 3.16. The molecule has 0 bridgehead atoms. The van der Waals surface area contributed by atoms with Crippen molar-refractivity contribution >= 4 is 18.3 Å². The normalized spacial score (nSPS) is 13.8. The van der Waals surface area contributed by atoms with Gasteiger partial charge >= 0.3 is 0 Å². The first-order chi connectivity index (χ1) is 8.66. The lowest BCUT2D eigenvalue weighted by Gasteiger charge is -2.18. The Balaban J connectivity index is 0.00000180. The third-order valence-electron chi connectivity index (χ3n) is 3.50. The predicted octanol–water partition coefficient (Wildman–Crippen LogP) is 2.37. The Hall–Kier alpha value is -1.06.